The van der Waals surface area contributed by atoms with Crippen molar-refractivity contribution in [3.8, 4) is 5.75 Å². The predicted octanol–water partition coefficient (Wildman–Crippen LogP) is 4.14. The van der Waals surface area contributed by atoms with Crippen LogP contribution in [0.15, 0.2) is 53.4 Å². The second-order valence-corrected chi connectivity index (χ2v) is 10.1. The third kappa shape index (κ3) is 4.42. The summed E-state index contributed by atoms with van der Waals surface area (Å²) in [6.45, 7) is -0.108. The highest BCUT2D eigenvalue weighted by Crippen LogP contribution is 2.38. The number of nitrogens with one attached hydrogen (secondary N) is 1. The zero-order valence-electron chi connectivity index (χ0n) is 16.6. The van der Waals surface area contributed by atoms with E-state index in [-0.39, 0.29) is 23.4 Å². The number of hydrogen-bond acceptors (Lipinski definition) is 4. The highest BCUT2D eigenvalue weighted by molar-refractivity contribution is 7.92. The van der Waals surface area contributed by atoms with Crippen LogP contribution in [0.3, 0.4) is 0 Å². The molecule has 0 bridgehead atoms. The van der Waals surface area contributed by atoms with Gasteiger partial charge in [-0.05, 0) is 43.2 Å². The first kappa shape index (κ1) is 21.0. The van der Waals surface area contributed by atoms with Crippen LogP contribution in [0.1, 0.15) is 38.5 Å². The Kier molecular flexibility index (Phi) is 6.20. The average molecular weight is 449 g/mol. The van der Waals surface area contributed by atoms with Gasteiger partial charge in [0.15, 0.2) is 6.10 Å². The summed E-state index contributed by atoms with van der Waals surface area (Å²) >= 11 is 6.12. The summed E-state index contributed by atoms with van der Waals surface area (Å²) in [4.78, 5) is 13.1. The Morgan fingerprint density at radius 2 is 1.73 bits per heavy atom. The van der Waals surface area contributed by atoms with E-state index >= 15 is 0 Å². The first-order chi connectivity index (χ1) is 14.4. The summed E-state index contributed by atoms with van der Waals surface area (Å²) < 4.78 is 33.9. The molecule has 1 aliphatic heterocycles. The van der Waals surface area contributed by atoms with Crippen molar-refractivity contribution in [2.24, 2.45) is 0 Å². The third-order valence-corrected chi connectivity index (χ3v) is 7.64. The Morgan fingerprint density at radius 1 is 1.03 bits per heavy atom. The fraction of sp³-hybridized carbons (Fsp3) is 0.409. The topological polar surface area (TPSA) is 75.7 Å². The molecule has 1 fully saturated rings. The summed E-state index contributed by atoms with van der Waals surface area (Å²) in [6, 6.07) is 13.1. The van der Waals surface area contributed by atoms with Crippen LogP contribution in [-0.2, 0) is 14.8 Å². The number of fused-ring (bicyclic) bond motifs is 1. The van der Waals surface area contributed by atoms with Crippen LogP contribution in [0.5, 0.6) is 5.75 Å². The number of carbonyl (C=O) groups excluding carboxylic acids is 1. The lowest BCUT2D eigenvalue weighted by atomic mass is 10.1. The number of ether oxygens (including phenoxy) is 1. The van der Waals surface area contributed by atoms with Gasteiger partial charge in [0, 0.05) is 11.1 Å². The first-order valence-electron chi connectivity index (χ1n) is 10.3. The molecule has 1 saturated carbocycles. The molecule has 30 heavy (non-hydrogen) atoms. The number of carbonyl (C=O) groups is 1. The molecule has 1 amide bonds. The lowest BCUT2D eigenvalue weighted by Gasteiger charge is -2.35. The average Bonchev–Trinajstić information content (AvgIpc) is 3.02. The van der Waals surface area contributed by atoms with Crippen molar-refractivity contribution < 1.29 is 17.9 Å². The second kappa shape index (κ2) is 8.86. The quantitative estimate of drug-likeness (QED) is 0.713. The van der Waals surface area contributed by atoms with E-state index < -0.39 is 16.1 Å². The highest BCUT2D eigenvalue weighted by Gasteiger charge is 2.38. The van der Waals surface area contributed by atoms with Crippen molar-refractivity contribution in [3.63, 3.8) is 0 Å². The molecule has 1 aliphatic carbocycles. The van der Waals surface area contributed by atoms with Crippen molar-refractivity contribution in [1.82, 2.24) is 5.32 Å². The number of sulfonamides is 1. The molecule has 2 aromatic rings. The molecule has 1 atom stereocenters. The maximum absolute atomic E-state index is 13.4. The van der Waals surface area contributed by atoms with Gasteiger partial charge in [-0.15, -0.1) is 0 Å². The molecule has 4 rings (SSSR count). The van der Waals surface area contributed by atoms with Crippen molar-refractivity contribution >= 4 is 33.2 Å². The van der Waals surface area contributed by atoms with Crippen LogP contribution in [0, 0.1) is 0 Å². The Bertz CT molecular complexity index is 1010. The van der Waals surface area contributed by atoms with E-state index in [2.05, 4.69) is 5.32 Å². The fourth-order valence-electron chi connectivity index (χ4n) is 4.03. The Labute approximate surface area is 182 Å². The van der Waals surface area contributed by atoms with E-state index in [0.717, 1.165) is 25.7 Å². The third-order valence-electron chi connectivity index (χ3n) is 5.62. The molecular weight excluding hydrogens is 424 g/mol. The Balaban J connectivity index is 1.63. The van der Waals surface area contributed by atoms with E-state index in [9.17, 15) is 13.2 Å². The Morgan fingerprint density at radius 3 is 2.43 bits per heavy atom. The summed E-state index contributed by atoms with van der Waals surface area (Å²) in [5.41, 5.74) is 0.338. The van der Waals surface area contributed by atoms with E-state index in [1.165, 1.54) is 29.3 Å². The number of hydrogen-bond donors (Lipinski definition) is 1. The van der Waals surface area contributed by atoms with E-state index in [0.29, 0.717) is 16.5 Å². The maximum atomic E-state index is 13.4. The number of amides is 1. The van der Waals surface area contributed by atoms with Gasteiger partial charge in [-0.3, -0.25) is 9.10 Å². The lowest BCUT2D eigenvalue weighted by molar-refractivity contribution is -0.128. The standard InChI is InChI=1S/C22H25ClN2O4S/c23-16-12-13-20-19(14-16)25(30(27,28)18-10-6-3-7-11-18)15-21(29-20)22(26)24-17-8-4-1-2-5-9-17/h3,6-7,10-14,17,21H,1-2,4-5,8-9,15H2,(H,24,26). The summed E-state index contributed by atoms with van der Waals surface area (Å²) in [5, 5.41) is 3.47. The zero-order chi connectivity index (χ0) is 21.1. The molecule has 0 spiro atoms. The van der Waals surface area contributed by atoms with E-state index in [1.807, 2.05) is 0 Å². The lowest BCUT2D eigenvalue weighted by Crippen LogP contribution is -2.52. The second-order valence-electron chi connectivity index (χ2n) is 7.76. The van der Waals surface area contributed by atoms with E-state index in [4.69, 9.17) is 16.3 Å². The molecule has 1 heterocycles. The van der Waals surface area contributed by atoms with Gasteiger partial charge < -0.3 is 10.1 Å². The number of benzene rings is 2. The Hall–Kier alpha value is -2.25. The molecule has 0 radical (unpaired) electrons. The van der Waals surface area contributed by atoms with Gasteiger partial charge in [0.05, 0.1) is 17.1 Å². The number of anilines is 1. The van der Waals surface area contributed by atoms with Gasteiger partial charge in [-0.25, -0.2) is 8.42 Å². The van der Waals surface area contributed by atoms with Crippen LogP contribution in [0.2, 0.25) is 5.02 Å². The molecule has 6 nitrogen and oxygen atoms in total. The van der Waals surface area contributed by atoms with Gasteiger partial charge in [0.25, 0.3) is 15.9 Å². The largest absolute Gasteiger partial charge is 0.476 e. The molecule has 0 saturated heterocycles. The summed E-state index contributed by atoms with van der Waals surface area (Å²) in [6.07, 6.45) is 5.50. The molecular formula is C22H25ClN2O4S. The fourth-order valence-corrected chi connectivity index (χ4v) is 5.68. The van der Waals surface area contributed by atoms with Crippen LogP contribution in [0.4, 0.5) is 5.69 Å². The van der Waals surface area contributed by atoms with Crippen molar-refractivity contribution in [1.29, 1.82) is 0 Å². The van der Waals surface area contributed by atoms with Gasteiger partial charge in [-0.1, -0.05) is 55.5 Å². The van der Waals surface area contributed by atoms with Crippen LogP contribution in [-0.4, -0.2) is 33.0 Å². The van der Waals surface area contributed by atoms with Gasteiger partial charge in [0.1, 0.15) is 5.75 Å². The summed E-state index contributed by atoms with van der Waals surface area (Å²) in [7, 11) is -3.88. The van der Waals surface area contributed by atoms with E-state index in [1.54, 1.807) is 36.4 Å². The SMILES string of the molecule is O=C(NC1CCCCCC1)C1CN(S(=O)(=O)c2ccccc2)c2cc(Cl)ccc2O1. The monoisotopic (exact) mass is 448 g/mol. The number of nitrogens with zero attached hydrogens (tertiary/aromatic N) is 1. The van der Waals surface area contributed by atoms with Crippen molar-refractivity contribution in [3.05, 3.63) is 53.6 Å². The smallest absolute Gasteiger partial charge is 0.264 e. The molecule has 1 unspecified atom stereocenters. The predicted molar refractivity (Wildman–Crippen MR) is 116 cm³/mol. The number of rotatable bonds is 4. The minimum atomic E-state index is -3.88. The first-order valence-corrected chi connectivity index (χ1v) is 12.1. The molecule has 2 aromatic carbocycles. The summed E-state index contributed by atoms with van der Waals surface area (Å²) in [5.74, 6) is 0.0435. The molecule has 0 aromatic heterocycles. The highest BCUT2D eigenvalue weighted by atomic mass is 35.5. The van der Waals surface area contributed by atoms with Crippen molar-refractivity contribution in [2.45, 2.75) is 55.6 Å². The van der Waals surface area contributed by atoms with Gasteiger partial charge in [0.2, 0.25) is 0 Å². The molecule has 2 aliphatic rings. The van der Waals surface area contributed by atoms with Crippen LogP contribution < -0.4 is 14.4 Å². The van der Waals surface area contributed by atoms with Crippen molar-refractivity contribution in [2.75, 3.05) is 10.8 Å². The van der Waals surface area contributed by atoms with Crippen LogP contribution in [0.25, 0.3) is 0 Å². The minimum Gasteiger partial charge on any atom is -0.476 e. The van der Waals surface area contributed by atoms with Gasteiger partial charge >= 0.3 is 0 Å². The molecule has 160 valence electrons. The normalized spacial score (nSPS) is 20.0. The molecule has 1 N–H and O–H groups in total. The minimum absolute atomic E-state index is 0.106. The van der Waals surface area contributed by atoms with Crippen LogP contribution >= 0.6 is 11.6 Å². The zero-order valence-corrected chi connectivity index (χ0v) is 18.2. The molecule has 8 heteroatoms. The maximum Gasteiger partial charge on any atom is 0.264 e. The van der Waals surface area contributed by atoms with Gasteiger partial charge in [-0.2, -0.15) is 0 Å². The number of halogens is 1.